The van der Waals surface area contributed by atoms with Gasteiger partial charge in [-0.05, 0) is 17.5 Å². The monoisotopic (exact) mass is 247 g/mol. The number of rotatable bonds is 3. The lowest BCUT2D eigenvalue weighted by molar-refractivity contribution is 0.402. The highest BCUT2D eigenvalue weighted by Gasteiger charge is 2.19. The van der Waals surface area contributed by atoms with Gasteiger partial charge in [0.15, 0.2) is 0 Å². The highest BCUT2D eigenvalue weighted by molar-refractivity contribution is 6.32. The largest absolute Gasteiger partial charge is 0.266 e. The summed E-state index contributed by atoms with van der Waals surface area (Å²) < 4.78 is 1.98. The van der Waals surface area contributed by atoms with Crippen LogP contribution in [0, 0.1) is 5.92 Å². The Balaban J connectivity index is 2.42. The van der Waals surface area contributed by atoms with E-state index in [0.717, 1.165) is 11.0 Å². The van der Waals surface area contributed by atoms with Crippen LogP contribution in [0.5, 0.6) is 0 Å². The molecule has 0 bridgehead atoms. The molecule has 0 aliphatic heterocycles. The molecular formula is C12H15BClN3. The van der Waals surface area contributed by atoms with E-state index in [1.165, 1.54) is 0 Å². The summed E-state index contributed by atoms with van der Waals surface area (Å²) >= 11 is 5.99. The second-order valence-corrected chi connectivity index (χ2v) is 5.06. The van der Waals surface area contributed by atoms with Crippen molar-refractivity contribution in [2.75, 3.05) is 0 Å². The van der Waals surface area contributed by atoms with Crippen LogP contribution in [0.3, 0.4) is 0 Å². The predicted molar refractivity (Wildman–Crippen MR) is 72.6 cm³/mol. The van der Waals surface area contributed by atoms with Gasteiger partial charge in [0.1, 0.15) is 7.85 Å². The van der Waals surface area contributed by atoms with E-state index < -0.39 is 0 Å². The summed E-state index contributed by atoms with van der Waals surface area (Å²) in [5.41, 5.74) is 2.25. The minimum atomic E-state index is 0.176. The number of pyridine rings is 1. The van der Waals surface area contributed by atoms with Gasteiger partial charge in [-0.1, -0.05) is 30.9 Å². The summed E-state index contributed by atoms with van der Waals surface area (Å²) in [5.74, 6) is 0.426. The molecule has 0 aliphatic rings. The van der Waals surface area contributed by atoms with Crippen LogP contribution in [0.1, 0.15) is 25.5 Å². The van der Waals surface area contributed by atoms with Crippen molar-refractivity contribution in [3.05, 3.63) is 41.4 Å². The molecule has 0 fully saturated rings. The molecule has 1 atom stereocenters. The van der Waals surface area contributed by atoms with Crippen LogP contribution in [0.2, 0.25) is 5.02 Å². The molecule has 0 spiro atoms. The molecule has 5 heteroatoms. The average molecular weight is 248 g/mol. The van der Waals surface area contributed by atoms with Gasteiger partial charge in [0, 0.05) is 24.8 Å². The normalized spacial score (nSPS) is 12.9. The van der Waals surface area contributed by atoms with Gasteiger partial charge >= 0.3 is 0 Å². The third-order valence-electron chi connectivity index (χ3n) is 2.71. The Morgan fingerprint density at radius 1 is 1.29 bits per heavy atom. The molecule has 3 nitrogen and oxygen atoms in total. The highest BCUT2D eigenvalue weighted by atomic mass is 35.5. The molecule has 17 heavy (non-hydrogen) atoms. The van der Waals surface area contributed by atoms with Crippen LogP contribution in [-0.4, -0.2) is 22.6 Å². The summed E-state index contributed by atoms with van der Waals surface area (Å²) in [6.07, 6.45) is 7.42. The Morgan fingerprint density at radius 3 is 2.59 bits per heavy atom. The lowest BCUT2D eigenvalue weighted by Crippen LogP contribution is -2.18. The minimum Gasteiger partial charge on any atom is -0.266 e. The fraction of sp³-hybridized carbons (Fsp3) is 0.333. The Hall–Kier alpha value is -1.29. The van der Waals surface area contributed by atoms with E-state index in [4.69, 9.17) is 11.6 Å². The molecule has 88 valence electrons. The van der Waals surface area contributed by atoms with Gasteiger partial charge in [0.25, 0.3) is 0 Å². The maximum absolute atomic E-state index is 5.99. The van der Waals surface area contributed by atoms with Crippen molar-refractivity contribution >= 4 is 24.9 Å². The van der Waals surface area contributed by atoms with Crippen molar-refractivity contribution in [1.82, 2.24) is 14.8 Å². The third-order valence-corrected chi connectivity index (χ3v) is 2.92. The van der Waals surface area contributed by atoms with E-state index in [1.807, 2.05) is 37.2 Å². The van der Waals surface area contributed by atoms with Gasteiger partial charge in [-0.15, -0.1) is 0 Å². The fourth-order valence-electron chi connectivity index (χ4n) is 2.02. The smallest absolute Gasteiger partial charge is 0.143 e. The van der Waals surface area contributed by atoms with Crippen molar-refractivity contribution in [3.8, 4) is 0 Å². The fourth-order valence-corrected chi connectivity index (χ4v) is 2.20. The van der Waals surface area contributed by atoms with Gasteiger partial charge in [-0.3, -0.25) is 9.67 Å². The second-order valence-electron chi connectivity index (χ2n) is 4.62. The van der Waals surface area contributed by atoms with Crippen LogP contribution >= 0.6 is 11.6 Å². The van der Waals surface area contributed by atoms with E-state index in [2.05, 4.69) is 23.9 Å². The Morgan fingerprint density at radius 2 is 2.06 bits per heavy atom. The zero-order valence-electron chi connectivity index (χ0n) is 10.3. The molecule has 0 saturated carbocycles. The Kier molecular flexibility index (Phi) is 3.53. The van der Waals surface area contributed by atoms with Gasteiger partial charge < -0.3 is 0 Å². The number of hydrogen-bond donors (Lipinski definition) is 0. The quantitative estimate of drug-likeness (QED) is 0.769. The Labute approximate surface area is 107 Å². The van der Waals surface area contributed by atoms with Crippen molar-refractivity contribution in [2.45, 2.75) is 19.9 Å². The molecule has 0 aromatic carbocycles. The molecule has 2 aromatic rings. The van der Waals surface area contributed by atoms with Crippen molar-refractivity contribution in [3.63, 3.8) is 0 Å². The zero-order chi connectivity index (χ0) is 12.4. The van der Waals surface area contributed by atoms with Crippen LogP contribution < -0.4 is 5.46 Å². The topological polar surface area (TPSA) is 30.7 Å². The molecule has 2 rings (SSSR count). The first kappa shape index (κ1) is 12.2. The molecule has 0 N–H and O–H groups in total. The molecule has 0 amide bonds. The van der Waals surface area contributed by atoms with Gasteiger partial charge in [0.2, 0.25) is 0 Å². The zero-order valence-corrected chi connectivity index (χ0v) is 11.0. The first-order chi connectivity index (χ1) is 8.08. The van der Waals surface area contributed by atoms with Gasteiger partial charge in [0.05, 0.1) is 11.1 Å². The van der Waals surface area contributed by atoms with E-state index in [9.17, 15) is 0 Å². The molecule has 0 aliphatic carbocycles. The van der Waals surface area contributed by atoms with Crippen LogP contribution in [-0.2, 0) is 0 Å². The lowest BCUT2D eigenvalue weighted by atomic mass is 9.97. The summed E-state index contributed by atoms with van der Waals surface area (Å²) in [4.78, 5) is 4.15. The Bertz CT molecular complexity index is 510. The van der Waals surface area contributed by atoms with E-state index >= 15 is 0 Å². The lowest BCUT2D eigenvalue weighted by Gasteiger charge is -2.21. The first-order valence-corrected chi connectivity index (χ1v) is 6.07. The van der Waals surface area contributed by atoms with E-state index in [1.54, 1.807) is 6.20 Å². The third kappa shape index (κ3) is 2.69. The van der Waals surface area contributed by atoms with Gasteiger partial charge in [-0.2, -0.15) is 5.10 Å². The maximum atomic E-state index is 5.99. The van der Waals surface area contributed by atoms with Crippen LogP contribution in [0.25, 0.3) is 0 Å². The van der Waals surface area contributed by atoms with E-state index in [-0.39, 0.29) is 6.04 Å². The number of hydrogen-bond acceptors (Lipinski definition) is 2. The van der Waals surface area contributed by atoms with Crippen molar-refractivity contribution < 1.29 is 0 Å². The number of nitrogens with zero attached hydrogens (tertiary/aromatic N) is 3. The SMILES string of the molecule is Bc1cnn(C(c2cncc(Cl)c2)C(C)C)c1. The standard InChI is InChI=1S/C12H15BClN3/c1-8(2)12(17-7-10(13)5-16-17)9-3-11(14)6-15-4-9/h3-8,12H,13H2,1-2H3. The first-order valence-electron chi connectivity index (χ1n) is 5.69. The highest BCUT2D eigenvalue weighted by Crippen LogP contribution is 2.26. The maximum Gasteiger partial charge on any atom is 0.143 e. The molecule has 0 radical (unpaired) electrons. The minimum absolute atomic E-state index is 0.176. The van der Waals surface area contributed by atoms with Gasteiger partial charge in [-0.25, -0.2) is 0 Å². The average Bonchev–Trinajstić information content (AvgIpc) is 2.64. The second kappa shape index (κ2) is 4.92. The molecule has 1 unspecified atom stereocenters. The number of halogens is 1. The van der Waals surface area contributed by atoms with Crippen molar-refractivity contribution in [2.24, 2.45) is 5.92 Å². The van der Waals surface area contributed by atoms with Crippen molar-refractivity contribution in [1.29, 1.82) is 0 Å². The van der Waals surface area contributed by atoms with Crippen LogP contribution in [0.4, 0.5) is 0 Å². The van der Waals surface area contributed by atoms with Crippen LogP contribution in [0.15, 0.2) is 30.9 Å². The number of aromatic nitrogens is 3. The summed E-state index contributed by atoms with van der Waals surface area (Å²) in [7, 11) is 2.04. The molecular weight excluding hydrogens is 232 g/mol. The molecule has 2 heterocycles. The van der Waals surface area contributed by atoms with E-state index in [0.29, 0.717) is 10.9 Å². The molecule has 2 aromatic heterocycles. The summed E-state index contributed by atoms with van der Waals surface area (Å²) in [6.45, 7) is 4.34. The predicted octanol–water partition coefficient (Wildman–Crippen LogP) is 1.44. The summed E-state index contributed by atoms with van der Waals surface area (Å²) in [6, 6.07) is 2.13. The molecule has 0 saturated heterocycles. The summed E-state index contributed by atoms with van der Waals surface area (Å²) in [5, 5.41) is 5.05.